The van der Waals surface area contributed by atoms with E-state index in [1.165, 1.54) is 19.3 Å². The lowest BCUT2D eigenvalue weighted by Crippen LogP contribution is -2.07. The highest BCUT2D eigenvalue weighted by molar-refractivity contribution is 5.37. The highest BCUT2D eigenvalue weighted by Crippen LogP contribution is 2.22. The van der Waals surface area contributed by atoms with Crippen molar-refractivity contribution >= 4 is 0 Å². The third-order valence-electron chi connectivity index (χ3n) is 3.16. The first-order valence-electron chi connectivity index (χ1n) is 6.40. The number of rotatable bonds is 6. The fraction of sp³-hybridized carbons (Fsp3) is 0.643. The van der Waals surface area contributed by atoms with Crippen molar-refractivity contribution in [3.8, 4) is 5.75 Å². The lowest BCUT2D eigenvalue weighted by Gasteiger charge is -2.07. The molecule has 0 unspecified atom stereocenters. The van der Waals surface area contributed by atoms with Gasteiger partial charge in [-0.15, -0.1) is 0 Å². The normalized spacial score (nSPS) is 10.8. The van der Waals surface area contributed by atoms with Gasteiger partial charge < -0.3 is 9.52 Å². The first-order valence-corrected chi connectivity index (χ1v) is 6.40. The monoisotopic (exact) mass is 238 g/mol. The number of unbranched alkanes of at least 4 members (excludes halogenated alkanes) is 4. The quantitative estimate of drug-likeness (QED) is 0.772. The van der Waals surface area contributed by atoms with E-state index in [9.17, 15) is 9.90 Å². The summed E-state index contributed by atoms with van der Waals surface area (Å²) in [6.45, 7) is 5.56. The summed E-state index contributed by atoms with van der Waals surface area (Å²) in [5.74, 6) is 0.722. The molecule has 1 aromatic heterocycles. The molecular weight excluding hydrogens is 216 g/mol. The Morgan fingerprint density at radius 3 is 2.35 bits per heavy atom. The molecule has 1 heterocycles. The summed E-state index contributed by atoms with van der Waals surface area (Å²) >= 11 is 0. The third-order valence-corrected chi connectivity index (χ3v) is 3.16. The second kappa shape index (κ2) is 6.48. The second-order valence-corrected chi connectivity index (χ2v) is 4.58. The number of aryl methyl sites for hydroxylation is 1. The second-order valence-electron chi connectivity index (χ2n) is 4.58. The lowest BCUT2D eigenvalue weighted by atomic mass is 10.1. The molecule has 96 valence electrons. The van der Waals surface area contributed by atoms with E-state index in [1.54, 1.807) is 13.8 Å². The Hall–Kier alpha value is -1.25. The first-order chi connectivity index (χ1) is 8.07. The summed E-state index contributed by atoms with van der Waals surface area (Å²) in [5.41, 5.74) is 0.589. The minimum atomic E-state index is -0.420. The standard InChI is InChI=1S/C14H22O3/c1-4-5-6-7-8-9-12-10(2)13(15)11(3)14(16)17-12/h15H,4-9H2,1-3H3. The van der Waals surface area contributed by atoms with Crippen LogP contribution in [0.4, 0.5) is 0 Å². The summed E-state index contributed by atoms with van der Waals surface area (Å²) in [6, 6.07) is 0. The maximum absolute atomic E-state index is 11.4. The van der Waals surface area contributed by atoms with Crippen molar-refractivity contribution in [3.63, 3.8) is 0 Å². The predicted octanol–water partition coefficient (Wildman–Crippen LogP) is 3.48. The van der Waals surface area contributed by atoms with Crippen molar-refractivity contribution in [2.24, 2.45) is 0 Å². The average molecular weight is 238 g/mol. The van der Waals surface area contributed by atoms with Gasteiger partial charge >= 0.3 is 5.63 Å². The maximum atomic E-state index is 11.4. The van der Waals surface area contributed by atoms with Crippen LogP contribution in [-0.2, 0) is 6.42 Å². The molecular formula is C14H22O3. The van der Waals surface area contributed by atoms with Crippen LogP contribution in [0, 0.1) is 13.8 Å². The van der Waals surface area contributed by atoms with Crippen molar-refractivity contribution in [2.45, 2.75) is 59.3 Å². The molecule has 0 bridgehead atoms. The Morgan fingerprint density at radius 1 is 1.06 bits per heavy atom. The summed E-state index contributed by atoms with van der Waals surface area (Å²) in [6.07, 6.45) is 6.58. The SMILES string of the molecule is CCCCCCCc1oc(=O)c(C)c(O)c1C. The zero-order valence-electron chi connectivity index (χ0n) is 11.0. The van der Waals surface area contributed by atoms with E-state index in [1.807, 2.05) is 0 Å². The molecule has 0 spiro atoms. The van der Waals surface area contributed by atoms with Gasteiger partial charge in [-0.05, 0) is 20.3 Å². The van der Waals surface area contributed by atoms with Crippen LogP contribution in [0.1, 0.15) is 55.9 Å². The van der Waals surface area contributed by atoms with E-state index in [0.29, 0.717) is 16.9 Å². The zero-order valence-corrected chi connectivity index (χ0v) is 11.0. The largest absolute Gasteiger partial charge is 0.507 e. The summed E-state index contributed by atoms with van der Waals surface area (Å²) in [5, 5.41) is 9.75. The van der Waals surface area contributed by atoms with Gasteiger partial charge in [0.15, 0.2) is 0 Å². The Balaban J connectivity index is 2.63. The topological polar surface area (TPSA) is 50.4 Å². The van der Waals surface area contributed by atoms with E-state index >= 15 is 0 Å². The molecule has 0 radical (unpaired) electrons. The predicted molar refractivity (Wildman–Crippen MR) is 68.6 cm³/mol. The van der Waals surface area contributed by atoms with Gasteiger partial charge in [0.25, 0.3) is 0 Å². The van der Waals surface area contributed by atoms with Crippen LogP contribution < -0.4 is 5.63 Å². The maximum Gasteiger partial charge on any atom is 0.342 e. The summed E-state index contributed by atoms with van der Waals surface area (Å²) < 4.78 is 5.21. The minimum absolute atomic E-state index is 0.0878. The molecule has 1 rings (SSSR count). The fourth-order valence-corrected chi connectivity index (χ4v) is 1.90. The van der Waals surface area contributed by atoms with E-state index in [4.69, 9.17) is 4.42 Å². The van der Waals surface area contributed by atoms with Gasteiger partial charge in [0.1, 0.15) is 11.5 Å². The molecule has 0 saturated heterocycles. The van der Waals surface area contributed by atoms with Gasteiger partial charge in [-0.1, -0.05) is 32.6 Å². The van der Waals surface area contributed by atoms with Crippen LogP contribution in [0.15, 0.2) is 9.21 Å². The van der Waals surface area contributed by atoms with Crippen LogP contribution in [0.5, 0.6) is 5.75 Å². The van der Waals surface area contributed by atoms with Crippen molar-refractivity contribution in [1.82, 2.24) is 0 Å². The molecule has 17 heavy (non-hydrogen) atoms. The van der Waals surface area contributed by atoms with E-state index in [-0.39, 0.29) is 5.75 Å². The van der Waals surface area contributed by atoms with Gasteiger partial charge in [0.05, 0.1) is 5.56 Å². The Morgan fingerprint density at radius 2 is 1.71 bits per heavy atom. The van der Waals surface area contributed by atoms with Crippen molar-refractivity contribution in [3.05, 3.63) is 27.3 Å². The van der Waals surface area contributed by atoms with E-state index < -0.39 is 5.63 Å². The molecule has 3 heteroatoms. The van der Waals surface area contributed by atoms with Crippen LogP contribution in [-0.4, -0.2) is 5.11 Å². The van der Waals surface area contributed by atoms with Gasteiger partial charge in [0, 0.05) is 12.0 Å². The molecule has 1 N–H and O–H groups in total. The smallest absolute Gasteiger partial charge is 0.342 e. The van der Waals surface area contributed by atoms with Gasteiger partial charge in [-0.25, -0.2) is 4.79 Å². The third kappa shape index (κ3) is 3.62. The number of aromatic hydroxyl groups is 1. The molecule has 1 aromatic rings. The first kappa shape index (κ1) is 13.8. The molecule has 0 amide bonds. The number of hydrogen-bond acceptors (Lipinski definition) is 3. The minimum Gasteiger partial charge on any atom is -0.507 e. The lowest BCUT2D eigenvalue weighted by molar-refractivity contribution is 0.405. The highest BCUT2D eigenvalue weighted by Gasteiger charge is 2.12. The van der Waals surface area contributed by atoms with Crippen LogP contribution >= 0.6 is 0 Å². The van der Waals surface area contributed by atoms with Crippen LogP contribution in [0.3, 0.4) is 0 Å². The van der Waals surface area contributed by atoms with Gasteiger partial charge in [-0.3, -0.25) is 0 Å². The number of hydrogen-bond donors (Lipinski definition) is 1. The summed E-state index contributed by atoms with van der Waals surface area (Å²) in [4.78, 5) is 11.4. The fourth-order valence-electron chi connectivity index (χ4n) is 1.90. The average Bonchev–Trinajstić information content (AvgIpc) is 2.32. The van der Waals surface area contributed by atoms with Crippen LogP contribution in [0.2, 0.25) is 0 Å². The molecule has 3 nitrogen and oxygen atoms in total. The molecule has 0 aliphatic rings. The zero-order chi connectivity index (χ0) is 12.8. The Labute approximate surface area is 102 Å². The molecule has 0 fully saturated rings. The van der Waals surface area contributed by atoms with Crippen molar-refractivity contribution < 1.29 is 9.52 Å². The van der Waals surface area contributed by atoms with Crippen molar-refractivity contribution in [2.75, 3.05) is 0 Å². The van der Waals surface area contributed by atoms with Gasteiger partial charge in [-0.2, -0.15) is 0 Å². The van der Waals surface area contributed by atoms with Crippen LogP contribution in [0.25, 0.3) is 0 Å². The molecule has 0 aromatic carbocycles. The van der Waals surface area contributed by atoms with Gasteiger partial charge in [0.2, 0.25) is 0 Å². The molecule has 0 atom stereocenters. The van der Waals surface area contributed by atoms with E-state index in [0.717, 1.165) is 19.3 Å². The Bertz CT molecular complexity index is 418. The molecule has 0 aliphatic carbocycles. The van der Waals surface area contributed by atoms with Crippen molar-refractivity contribution in [1.29, 1.82) is 0 Å². The molecule has 0 aliphatic heterocycles. The summed E-state index contributed by atoms with van der Waals surface area (Å²) in [7, 11) is 0. The highest BCUT2D eigenvalue weighted by atomic mass is 16.4. The van der Waals surface area contributed by atoms with E-state index in [2.05, 4.69) is 6.92 Å². The molecule has 0 saturated carbocycles. The Kier molecular flexibility index (Phi) is 5.26.